The summed E-state index contributed by atoms with van der Waals surface area (Å²) >= 11 is 0. The van der Waals surface area contributed by atoms with Gasteiger partial charge in [-0.1, -0.05) is 24.8 Å². The van der Waals surface area contributed by atoms with Gasteiger partial charge >= 0.3 is 18.1 Å². The molecule has 0 fully saturated rings. The second-order valence-corrected chi connectivity index (χ2v) is 3.59. The van der Waals surface area contributed by atoms with E-state index in [-0.39, 0.29) is 12.6 Å². The van der Waals surface area contributed by atoms with Crippen molar-refractivity contribution < 1.29 is 32.6 Å². The lowest BCUT2D eigenvalue weighted by molar-refractivity contribution is -0.192. The van der Waals surface area contributed by atoms with E-state index in [0.29, 0.717) is 12.1 Å². The number of benzene rings is 1. The van der Waals surface area contributed by atoms with Gasteiger partial charge in [0.25, 0.3) is 0 Å². The molecular formula is C13H14F3NO4. The minimum Gasteiger partial charge on any atom is -0.475 e. The predicted octanol–water partition coefficient (Wildman–Crippen LogP) is 2.12. The lowest BCUT2D eigenvalue weighted by Gasteiger charge is -2.02. The van der Waals surface area contributed by atoms with Crippen molar-refractivity contribution in [2.45, 2.75) is 12.7 Å². The van der Waals surface area contributed by atoms with Gasteiger partial charge in [0.2, 0.25) is 0 Å². The number of hydrogen-bond donors (Lipinski definition) is 2. The van der Waals surface area contributed by atoms with Crippen molar-refractivity contribution in [1.82, 2.24) is 0 Å². The quantitative estimate of drug-likeness (QED) is 0.657. The first-order chi connectivity index (χ1) is 9.72. The molecule has 0 saturated heterocycles. The molecule has 21 heavy (non-hydrogen) atoms. The fourth-order valence-corrected chi connectivity index (χ4v) is 0.995. The second kappa shape index (κ2) is 8.75. The summed E-state index contributed by atoms with van der Waals surface area (Å²) in [7, 11) is 0. The van der Waals surface area contributed by atoms with Crippen molar-refractivity contribution in [2.24, 2.45) is 5.73 Å². The summed E-state index contributed by atoms with van der Waals surface area (Å²) in [5.41, 5.74) is 6.95. The lowest BCUT2D eigenvalue weighted by Crippen LogP contribution is -2.21. The standard InChI is InChI=1S/C11H13NO2.C2HF3O2/c1-2-7-14-11(13)10-5-3-9(8-12)4-6-10;3-2(4,5)1(6)7/h2-6H,1,7-8,12H2;(H,6,7). The molecule has 0 aliphatic rings. The van der Waals surface area contributed by atoms with E-state index in [1.165, 1.54) is 6.08 Å². The highest BCUT2D eigenvalue weighted by atomic mass is 19.4. The molecule has 1 aromatic rings. The van der Waals surface area contributed by atoms with Crippen molar-refractivity contribution in [2.75, 3.05) is 6.61 Å². The van der Waals surface area contributed by atoms with Gasteiger partial charge in [-0.2, -0.15) is 13.2 Å². The zero-order valence-electron chi connectivity index (χ0n) is 10.9. The first-order valence-corrected chi connectivity index (χ1v) is 5.59. The fourth-order valence-electron chi connectivity index (χ4n) is 0.995. The Morgan fingerprint density at radius 1 is 1.29 bits per heavy atom. The molecule has 0 atom stereocenters. The molecule has 1 aromatic carbocycles. The van der Waals surface area contributed by atoms with Crippen LogP contribution < -0.4 is 5.73 Å². The van der Waals surface area contributed by atoms with E-state index in [1.807, 2.05) is 12.1 Å². The number of alkyl halides is 3. The number of ether oxygens (including phenoxy) is 1. The van der Waals surface area contributed by atoms with Crippen LogP contribution in [0.1, 0.15) is 15.9 Å². The molecule has 0 bridgehead atoms. The van der Waals surface area contributed by atoms with Gasteiger partial charge in [-0.15, -0.1) is 0 Å². The SMILES string of the molecule is C=CCOC(=O)c1ccc(CN)cc1.O=C(O)C(F)(F)F. The first kappa shape index (κ1) is 18.7. The second-order valence-electron chi connectivity index (χ2n) is 3.59. The summed E-state index contributed by atoms with van der Waals surface area (Å²) in [6, 6.07) is 7.02. The highest BCUT2D eigenvalue weighted by molar-refractivity contribution is 5.89. The summed E-state index contributed by atoms with van der Waals surface area (Å²) < 4.78 is 36.6. The molecule has 3 N–H and O–H groups in total. The Bertz CT molecular complexity index is 483. The number of carboxylic acid groups (broad SMARTS) is 1. The largest absolute Gasteiger partial charge is 0.490 e. The third-order valence-electron chi connectivity index (χ3n) is 2.00. The molecule has 0 amide bonds. The minimum absolute atomic E-state index is 0.234. The van der Waals surface area contributed by atoms with Crippen LogP contribution in [0.2, 0.25) is 0 Å². The van der Waals surface area contributed by atoms with Crippen LogP contribution >= 0.6 is 0 Å². The molecule has 0 heterocycles. The smallest absolute Gasteiger partial charge is 0.475 e. The molecule has 0 aliphatic carbocycles. The summed E-state index contributed by atoms with van der Waals surface area (Å²) in [5.74, 6) is -3.10. The van der Waals surface area contributed by atoms with Crippen molar-refractivity contribution >= 4 is 11.9 Å². The average molecular weight is 305 g/mol. The normalized spacial score (nSPS) is 10.1. The monoisotopic (exact) mass is 305 g/mol. The van der Waals surface area contributed by atoms with Crippen molar-refractivity contribution in [3.8, 4) is 0 Å². The molecule has 0 aromatic heterocycles. The predicted molar refractivity (Wildman–Crippen MR) is 68.5 cm³/mol. The maximum atomic E-state index is 11.3. The molecule has 0 aliphatic heterocycles. The van der Waals surface area contributed by atoms with Crippen LogP contribution in [-0.4, -0.2) is 29.8 Å². The third kappa shape index (κ3) is 7.73. The van der Waals surface area contributed by atoms with Gasteiger partial charge in [0.15, 0.2) is 0 Å². The van der Waals surface area contributed by atoms with E-state index in [2.05, 4.69) is 6.58 Å². The Morgan fingerprint density at radius 3 is 2.10 bits per heavy atom. The van der Waals surface area contributed by atoms with E-state index in [9.17, 15) is 18.0 Å². The van der Waals surface area contributed by atoms with Crippen molar-refractivity contribution in [3.63, 3.8) is 0 Å². The van der Waals surface area contributed by atoms with Gasteiger partial charge in [0.1, 0.15) is 6.61 Å². The molecule has 8 heteroatoms. The van der Waals surface area contributed by atoms with Crippen molar-refractivity contribution in [3.05, 3.63) is 48.0 Å². The molecular weight excluding hydrogens is 291 g/mol. The number of esters is 1. The van der Waals surface area contributed by atoms with E-state index < -0.39 is 12.1 Å². The molecule has 5 nitrogen and oxygen atoms in total. The van der Waals surface area contributed by atoms with E-state index in [1.54, 1.807) is 12.1 Å². The van der Waals surface area contributed by atoms with Crippen molar-refractivity contribution in [1.29, 1.82) is 0 Å². The maximum absolute atomic E-state index is 11.3. The summed E-state index contributed by atoms with van der Waals surface area (Å²) in [6.07, 6.45) is -3.55. The Morgan fingerprint density at radius 2 is 1.76 bits per heavy atom. The topological polar surface area (TPSA) is 89.6 Å². The van der Waals surface area contributed by atoms with Crippen LogP contribution in [0.5, 0.6) is 0 Å². The third-order valence-corrected chi connectivity index (χ3v) is 2.00. The minimum atomic E-state index is -5.08. The number of hydrogen-bond acceptors (Lipinski definition) is 4. The highest BCUT2D eigenvalue weighted by Crippen LogP contribution is 2.13. The van der Waals surface area contributed by atoms with Crippen LogP contribution in [0.15, 0.2) is 36.9 Å². The highest BCUT2D eigenvalue weighted by Gasteiger charge is 2.38. The van der Waals surface area contributed by atoms with Crippen LogP contribution in [-0.2, 0) is 16.1 Å². The maximum Gasteiger partial charge on any atom is 0.490 e. The molecule has 0 radical (unpaired) electrons. The molecule has 0 unspecified atom stereocenters. The van der Waals surface area contributed by atoms with Crippen LogP contribution in [0, 0.1) is 0 Å². The zero-order chi connectivity index (χ0) is 16.5. The first-order valence-electron chi connectivity index (χ1n) is 5.59. The zero-order valence-corrected chi connectivity index (χ0v) is 10.9. The van der Waals surface area contributed by atoms with E-state index in [0.717, 1.165) is 5.56 Å². The van der Waals surface area contributed by atoms with Gasteiger partial charge in [-0.3, -0.25) is 0 Å². The van der Waals surface area contributed by atoms with Crippen LogP contribution in [0.25, 0.3) is 0 Å². The number of aliphatic carboxylic acids is 1. The number of halogens is 3. The van der Waals surface area contributed by atoms with Crippen LogP contribution in [0.3, 0.4) is 0 Å². The van der Waals surface area contributed by atoms with E-state index >= 15 is 0 Å². The summed E-state index contributed by atoms with van der Waals surface area (Å²) in [4.78, 5) is 20.2. The number of carbonyl (C=O) groups excluding carboxylic acids is 1. The Labute approximate surface area is 118 Å². The van der Waals surface area contributed by atoms with Gasteiger partial charge in [-0.25, -0.2) is 9.59 Å². The number of carboxylic acids is 1. The number of carbonyl (C=O) groups is 2. The molecule has 1 rings (SSSR count). The molecule has 0 spiro atoms. The summed E-state index contributed by atoms with van der Waals surface area (Å²) in [5, 5.41) is 7.12. The van der Waals surface area contributed by atoms with Crippen LogP contribution in [0.4, 0.5) is 13.2 Å². The van der Waals surface area contributed by atoms with Gasteiger partial charge in [-0.05, 0) is 17.7 Å². The lowest BCUT2D eigenvalue weighted by atomic mass is 10.1. The Hall–Kier alpha value is -2.35. The number of nitrogens with two attached hydrogens (primary N) is 1. The van der Waals surface area contributed by atoms with Gasteiger partial charge in [0, 0.05) is 6.54 Å². The molecule has 0 saturated carbocycles. The number of rotatable bonds is 4. The fraction of sp³-hybridized carbons (Fsp3) is 0.231. The summed E-state index contributed by atoms with van der Waals surface area (Å²) in [6.45, 7) is 4.17. The van der Waals surface area contributed by atoms with Gasteiger partial charge in [0.05, 0.1) is 5.56 Å². The van der Waals surface area contributed by atoms with E-state index in [4.69, 9.17) is 20.4 Å². The Kier molecular flexibility index (Phi) is 7.77. The average Bonchev–Trinajstić information content (AvgIpc) is 2.44. The molecule has 116 valence electrons. The Balaban J connectivity index is 0.000000486. The van der Waals surface area contributed by atoms with Gasteiger partial charge < -0.3 is 15.6 Å².